The standard InChI is InChI=1S/C24H25ClN2O2/c1-14(10-16-6-8-18(28-4)12-22(16)29-5)24(3)15(2)27-21-13-26-20-9-7-17(25)11-19(20)23(21)24/h6-9,11-14H,10H2,1-5H3. The Labute approximate surface area is 176 Å². The van der Waals surface area contributed by atoms with Crippen molar-refractivity contribution in [1.29, 1.82) is 0 Å². The largest absolute Gasteiger partial charge is 0.497 e. The van der Waals surface area contributed by atoms with E-state index >= 15 is 0 Å². The fourth-order valence-electron chi connectivity index (χ4n) is 4.42. The lowest BCUT2D eigenvalue weighted by molar-refractivity contribution is 0.378. The molecule has 1 aliphatic heterocycles. The predicted molar refractivity (Wildman–Crippen MR) is 119 cm³/mol. The highest BCUT2D eigenvalue weighted by Crippen LogP contribution is 2.49. The Hall–Kier alpha value is -2.59. The van der Waals surface area contributed by atoms with E-state index in [-0.39, 0.29) is 11.3 Å². The summed E-state index contributed by atoms with van der Waals surface area (Å²) in [6, 6.07) is 11.9. The van der Waals surface area contributed by atoms with Crippen LogP contribution in [0.4, 0.5) is 5.69 Å². The summed E-state index contributed by atoms with van der Waals surface area (Å²) in [5.74, 6) is 1.91. The Balaban J connectivity index is 1.80. The summed E-state index contributed by atoms with van der Waals surface area (Å²) in [4.78, 5) is 9.46. The van der Waals surface area contributed by atoms with Crippen LogP contribution in [0.1, 0.15) is 31.9 Å². The van der Waals surface area contributed by atoms with E-state index in [1.54, 1.807) is 14.2 Å². The topological polar surface area (TPSA) is 43.7 Å². The molecule has 2 heterocycles. The number of nitrogens with zero attached hydrogens (tertiary/aromatic N) is 2. The smallest absolute Gasteiger partial charge is 0.125 e. The number of rotatable bonds is 5. The summed E-state index contributed by atoms with van der Waals surface area (Å²) >= 11 is 6.33. The average molecular weight is 409 g/mol. The fourth-order valence-corrected chi connectivity index (χ4v) is 4.59. The Morgan fingerprint density at radius 3 is 2.62 bits per heavy atom. The molecule has 0 fully saturated rings. The molecule has 4 nitrogen and oxygen atoms in total. The van der Waals surface area contributed by atoms with Gasteiger partial charge in [-0.2, -0.15) is 0 Å². The van der Waals surface area contributed by atoms with E-state index in [1.807, 2.05) is 36.5 Å². The van der Waals surface area contributed by atoms with E-state index in [9.17, 15) is 0 Å². The molecule has 5 heteroatoms. The summed E-state index contributed by atoms with van der Waals surface area (Å²) in [6.07, 6.45) is 2.72. The first kappa shape index (κ1) is 19.7. The van der Waals surface area contributed by atoms with Crippen molar-refractivity contribution in [2.45, 2.75) is 32.6 Å². The van der Waals surface area contributed by atoms with Crippen LogP contribution >= 0.6 is 11.6 Å². The van der Waals surface area contributed by atoms with Gasteiger partial charge in [0.25, 0.3) is 0 Å². The molecule has 29 heavy (non-hydrogen) atoms. The highest BCUT2D eigenvalue weighted by molar-refractivity contribution is 6.31. The highest BCUT2D eigenvalue weighted by atomic mass is 35.5. The minimum Gasteiger partial charge on any atom is -0.497 e. The zero-order valence-corrected chi connectivity index (χ0v) is 18.2. The first-order chi connectivity index (χ1) is 13.9. The van der Waals surface area contributed by atoms with Gasteiger partial charge in [-0.3, -0.25) is 9.98 Å². The number of fused-ring (bicyclic) bond motifs is 3. The Bertz CT molecular complexity index is 1130. The molecule has 3 aromatic rings. The molecule has 0 N–H and O–H groups in total. The monoisotopic (exact) mass is 408 g/mol. The number of halogens is 1. The van der Waals surface area contributed by atoms with E-state index in [0.29, 0.717) is 5.02 Å². The number of hydrogen-bond donors (Lipinski definition) is 0. The van der Waals surface area contributed by atoms with Crippen LogP contribution in [0, 0.1) is 5.92 Å². The summed E-state index contributed by atoms with van der Waals surface area (Å²) in [6.45, 7) is 6.66. The average Bonchev–Trinajstić information content (AvgIpc) is 2.99. The molecule has 0 saturated heterocycles. The number of aromatic nitrogens is 1. The molecular formula is C24H25ClN2O2. The van der Waals surface area contributed by atoms with Gasteiger partial charge in [-0.05, 0) is 56.0 Å². The van der Waals surface area contributed by atoms with Gasteiger partial charge in [0.2, 0.25) is 0 Å². The third-order valence-electron chi connectivity index (χ3n) is 6.38. The van der Waals surface area contributed by atoms with Crippen LogP contribution in [0.2, 0.25) is 5.02 Å². The van der Waals surface area contributed by atoms with Crippen LogP contribution in [0.15, 0.2) is 47.6 Å². The minimum atomic E-state index is -0.230. The van der Waals surface area contributed by atoms with Gasteiger partial charge < -0.3 is 9.47 Å². The van der Waals surface area contributed by atoms with E-state index in [1.165, 1.54) is 5.56 Å². The molecule has 2 atom stereocenters. The quantitative estimate of drug-likeness (QED) is 0.508. The van der Waals surface area contributed by atoms with Gasteiger partial charge in [0, 0.05) is 33.2 Å². The van der Waals surface area contributed by atoms with Crippen LogP contribution in [0.25, 0.3) is 10.9 Å². The van der Waals surface area contributed by atoms with Gasteiger partial charge in [0.05, 0.1) is 31.6 Å². The van der Waals surface area contributed by atoms with Crippen molar-refractivity contribution in [3.05, 3.63) is 58.7 Å². The number of benzene rings is 2. The van der Waals surface area contributed by atoms with Gasteiger partial charge in [-0.1, -0.05) is 24.6 Å². The number of methoxy groups -OCH3 is 2. The number of pyridine rings is 1. The zero-order chi connectivity index (χ0) is 20.8. The second-order valence-electron chi connectivity index (χ2n) is 7.86. The normalized spacial score (nSPS) is 19.0. The Kier molecular flexibility index (Phi) is 4.99. The zero-order valence-electron chi connectivity index (χ0n) is 17.4. The lowest BCUT2D eigenvalue weighted by atomic mass is 9.67. The molecule has 0 bridgehead atoms. The van der Waals surface area contributed by atoms with Crippen molar-refractivity contribution in [2.24, 2.45) is 10.9 Å². The van der Waals surface area contributed by atoms with Crippen LogP contribution in [0.5, 0.6) is 11.5 Å². The summed E-state index contributed by atoms with van der Waals surface area (Å²) < 4.78 is 11.0. The molecule has 2 aromatic carbocycles. The maximum atomic E-state index is 6.33. The van der Waals surface area contributed by atoms with Gasteiger partial charge >= 0.3 is 0 Å². The maximum absolute atomic E-state index is 6.33. The van der Waals surface area contributed by atoms with Gasteiger partial charge in [0.15, 0.2) is 0 Å². The van der Waals surface area contributed by atoms with Crippen molar-refractivity contribution < 1.29 is 9.47 Å². The van der Waals surface area contributed by atoms with Crippen LogP contribution in [0.3, 0.4) is 0 Å². The lowest BCUT2D eigenvalue weighted by Gasteiger charge is -2.34. The molecule has 1 aromatic heterocycles. The lowest BCUT2D eigenvalue weighted by Crippen LogP contribution is -2.36. The third kappa shape index (κ3) is 3.16. The van der Waals surface area contributed by atoms with E-state index in [0.717, 1.165) is 45.8 Å². The van der Waals surface area contributed by atoms with E-state index in [4.69, 9.17) is 26.1 Å². The highest BCUT2D eigenvalue weighted by Gasteiger charge is 2.43. The first-order valence-electron chi connectivity index (χ1n) is 9.74. The maximum Gasteiger partial charge on any atom is 0.125 e. The Morgan fingerprint density at radius 2 is 1.90 bits per heavy atom. The molecule has 0 saturated carbocycles. The fraction of sp³-hybridized carbons (Fsp3) is 0.333. The van der Waals surface area contributed by atoms with Gasteiger partial charge in [-0.25, -0.2) is 0 Å². The van der Waals surface area contributed by atoms with Crippen LogP contribution < -0.4 is 9.47 Å². The molecule has 2 unspecified atom stereocenters. The number of aliphatic imine (C=N–C) groups is 1. The molecule has 0 spiro atoms. The second-order valence-corrected chi connectivity index (χ2v) is 8.30. The van der Waals surface area contributed by atoms with Crippen molar-refractivity contribution in [1.82, 2.24) is 4.98 Å². The third-order valence-corrected chi connectivity index (χ3v) is 6.61. The van der Waals surface area contributed by atoms with Crippen LogP contribution in [-0.4, -0.2) is 24.9 Å². The Morgan fingerprint density at radius 1 is 1.10 bits per heavy atom. The van der Waals surface area contributed by atoms with Gasteiger partial charge in [0.1, 0.15) is 11.5 Å². The summed E-state index contributed by atoms with van der Waals surface area (Å²) in [7, 11) is 3.36. The molecule has 1 aliphatic rings. The molecule has 0 amide bonds. The molecule has 0 radical (unpaired) electrons. The number of ether oxygens (including phenoxy) is 2. The van der Waals surface area contributed by atoms with Crippen molar-refractivity contribution in [3.8, 4) is 11.5 Å². The first-order valence-corrected chi connectivity index (χ1v) is 10.1. The summed E-state index contributed by atoms with van der Waals surface area (Å²) in [5, 5.41) is 1.79. The predicted octanol–water partition coefficient (Wildman–Crippen LogP) is 6.15. The molecular weight excluding hydrogens is 384 g/mol. The molecule has 4 rings (SSSR count). The van der Waals surface area contributed by atoms with Crippen molar-refractivity contribution in [2.75, 3.05) is 14.2 Å². The SMILES string of the molecule is COc1ccc(CC(C)C2(C)C(C)=Nc3cnc4ccc(Cl)cc4c32)c(OC)c1. The second kappa shape index (κ2) is 7.34. The number of hydrogen-bond acceptors (Lipinski definition) is 4. The van der Waals surface area contributed by atoms with Crippen molar-refractivity contribution in [3.63, 3.8) is 0 Å². The molecule has 0 aliphatic carbocycles. The summed E-state index contributed by atoms with van der Waals surface area (Å²) in [5.41, 5.74) is 5.11. The minimum absolute atomic E-state index is 0.230. The van der Waals surface area contributed by atoms with E-state index in [2.05, 4.69) is 31.8 Å². The van der Waals surface area contributed by atoms with Gasteiger partial charge in [-0.15, -0.1) is 0 Å². The van der Waals surface area contributed by atoms with Crippen LogP contribution in [-0.2, 0) is 11.8 Å². The molecule has 150 valence electrons. The van der Waals surface area contributed by atoms with E-state index < -0.39 is 0 Å². The van der Waals surface area contributed by atoms with Crippen molar-refractivity contribution >= 4 is 33.9 Å².